The van der Waals surface area contributed by atoms with Gasteiger partial charge in [0, 0.05) is 13.1 Å². The highest BCUT2D eigenvalue weighted by Gasteiger charge is 2.11. The second kappa shape index (κ2) is 7.49. The normalized spacial score (nSPS) is 11.9. The highest BCUT2D eigenvalue weighted by molar-refractivity contribution is 5.99. The molecule has 0 amide bonds. The van der Waals surface area contributed by atoms with Gasteiger partial charge in [-0.15, -0.1) is 0 Å². The van der Waals surface area contributed by atoms with E-state index in [0.717, 1.165) is 19.6 Å². The Labute approximate surface area is 116 Å². The molecule has 1 heterocycles. The zero-order valence-electron chi connectivity index (χ0n) is 12.0. The molecule has 8 heteroatoms. The van der Waals surface area contributed by atoms with Crippen molar-refractivity contribution >= 4 is 5.71 Å². The number of aromatic amines is 2. The van der Waals surface area contributed by atoms with Gasteiger partial charge in [-0.25, -0.2) is 4.79 Å². The fourth-order valence-electron chi connectivity index (χ4n) is 1.79. The van der Waals surface area contributed by atoms with Crippen LogP contribution >= 0.6 is 0 Å². The quantitative estimate of drug-likeness (QED) is 0.304. The van der Waals surface area contributed by atoms with Crippen molar-refractivity contribution in [2.24, 2.45) is 5.10 Å². The predicted octanol–water partition coefficient (Wildman–Crippen LogP) is -0.576. The summed E-state index contributed by atoms with van der Waals surface area (Å²) in [7, 11) is 0. The van der Waals surface area contributed by atoms with Crippen molar-refractivity contribution in [3.63, 3.8) is 0 Å². The van der Waals surface area contributed by atoms with E-state index in [1.807, 2.05) is 4.98 Å². The summed E-state index contributed by atoms with van der Waals surface area (Å²) in [6, 6.07) is 0. The summed E-state index contributed by atoms with van der Waals surface area (Å²) in [6.07, 6.45) is 0. The number of H-pyrrole nitrogens is 2. The molecule has 1 aromatic rings. The first-order chi connectivity index (χ1) is 9.49. The maximum atomic E-state index is 11.6. The summed E-state index contributed by atoms with van der Waals surface area (Å²) in [5.74, 6) is -0.481. The summed E-state index contributed by atoms with van der Waals surface area (Å²) < 4.78 is 0. The Morgan fingerprint density at radius 3 is 2.50 bits per heavy atom. The highest BCUT2D eigenvalue weighted by atomic mass is 16.3. The first-order valence-corrected chi connectivity index (χ1v) is 6.55. The molecule has 4 N–H and O–H groups in total. The first-order valence-electron chi connectivity index (χ1n) is 6.55. The molecule has 0 aliphatic heterocycles. The van der Waals surface area contributed by atoms with Crippen molar-refractivity contribution in [2.45, 2.75) is 20.8 Å². The monoisotopic (exact) mass is 283 g/mol. The molecule has 0 bridgehead atoms. The Hall–Kier alpha value is -2.09. The van der Waals surface area contributed by atoms with E-state index in [2.05, 4.69) is 34.3 Å². The Morgan fingerprint density at radius 1 is 1.30 bits per heavy atom. The average molecular weight is 283 g/mol. The largest absolute Gasteiger partial charge is 0.494 e. The van der Waals surface area contributed by atoms with Crippen molar-refractivity contribution in [1.29, 1.82) is 0 Å². The number of nitrogens with one attached hydrogen (secondary N) is 3. The zero-order chi connectivity index (χ0) is 15.1. The summed E-state index contributed by atoms with van der Waals surface area (Å²) in [6.45, 7) is 9.11. The van der Waals surface area contributed by atoms with Crippen molar-refractivity contribution < 1.29 is 5.11 Å². The Morgan fingerprint density at radius 2 is 1.95 bits per heavy atom. The molecule has 0 aliphatic carbocycles. The van der Waals surface area contributed by atoms with Gasteiger partial charge < -0.3 is 15.4 Å². The Balaban J connectivity index is 2.71. The topological polar surface area (TPSA) is 114 Å². The van der Waals surface area contributed by atoms with Gasteiger partial charge in [0.15, 0.2) is 0 Å². The lowest BCUT2D eigenvalue weighted by atomic mass is 10.2. The second-order valence-corrected chi connectivity index (χ2v) is 4.26. The molecule has 0 saturated heterocycles. The van der Waals surface area contributed by atoms with Crippen molar-refractivity contribution in [2.75, 3.05) is 26.2 Å². The number of aromatic nitrogens is 2. The molecule has 0 spiro atoms. The standard InChI is InChI=1S/C12H21N5O3/c1-4-17(5-2)7-6-13-16-8(3)9-10(18)14-12(20)15-11(9)19/h13H,4-7H2,1-3H3,(H3,14,15,18,19,20)/b16-8+. The molecule has 0 radical (unpaired) electrons. The lowest BCUT2D eigenvalue weighted by molar-refractivity contribution is 0.303. The van der Waals surface area contributed by atoms with E-state index in [9.17, 15) is 14.7 Å². The molecule has 0 saturated carbocycles. The van der Waals surface area contributed by atoms with Crippen LogP contribution in [-0.2, 0) is 0 Å². The SMILES string of the molecule is CCN(CC)CCN/N=C(\C)c1c(O)[nH]c(=O)[nH]c1=O. The van der Waals surface area contributed by atoms with Crippen LogP contribution in [-0.4, -0.2) is 51.9 Å². The van der Waals surface area contributed by atoms with Gasteiger partial charge in [0.05, 0.1) is 5.71 Å². The van der Waals surface area contributed by atoms with E-state index in [1.165, 1.54) is 0 Å². The van der Waals surface area contributed by atoms with E-state index in [1.54, 1.807) is 6.92 Å². The molecule has 0 aliphatic rings. The lowest BCUT2D eigenvalue weighted by Crippen LogP contribution is -2.31. The number of aromatic hydroxyl groups is 1. The smallest absolute Gasteiger partial charge is 0.328 e. The molecule has 0 aromatic carbocycles. The van der Waals surface area contributed by atoms with E-state index in [0.29, 0.717) is 12.3 Å². The van der Waals surface area contributed by atoms with Gasteiger partial charge >= 0.3 is 5.69 Å². The molecule has 1 aromatic heterocycles. The van der Waals surface area contributed by atoms with Crippen LogP contribution in [0, 0.1) is 0 Å². The van der Waals surface area contributed by atoms with E-state index >= 15 is 0 Å². The minimum absolute atomic E-state index is 0.0417. The third-order valence-corrected chi connectivity index (χ3v) is 2.97. The van der Waals surface area contributed by atoms with E-state index in [-0.39, 0.29) is 5.56 Å². The van der Waals surface area contributed by atoms with Crippen molar-refractivity contribution in [3.05, 3.63) is 26.4 Å². The van der Waals surface area contributed by atoms with E-state index < -0.39 is 17.1 Å². The van der Waals surface area contributed by atoms with Crippen LogP contribution in [0.3, 0.4) is 0 Å². The van der Waals surface area contributed by atoms with Crippen molar-refractivity contribution in [3.8, 4) is 5.88 Å². The Kier molecular flexibility index (Phi) is 5.98. The molecule has 0 fully saturated rings. The van der Waals surface area contributed by atoms with Crippen molar-refractivity contribution in [1.82, 2.24) is 20.3 Å². The highest BCUT2D eigenvalue weighted by Crippen LogP contribution is 2.05. The number of rotatable bonds is 7. The molecular weight excluding hydrogens is 262 g/mol. The zero-order valence-corrected chi connectivity index (χ0v) is 12.0. The molecule has 20 heavy (non-hydrogen) atoms. The molecule has 0 unspecified atom stereocenters. The molecule has 0 atom stereocenters. The fraction of sp³-hybridized carbons (Fsp3) is 0.583. The predicted molar refractivity (Wildman–Crippen MR) is 77.3 cm³/mol. The van der Waals surface area contributed by atoms with Gasteiger partial charge in [-0.3, -0.25) is 14.8 Å². The van der Waals surface area contributed by atoms with Gasteiger partial charge in [0.2, 0.25) is 5.88 Å². The van der Waals surface area contributed by atoms with E-state index in [4.69, 9.17) is 0 Å². The number of hydrogen-bond acceptors (Lipinski definition) is 6. The average Bonchev–Trinajstić information content (AvgIpc) is 2.37. The fourth-order valence-corrected chi connectivity index (χ4v) is 1.79. The summed E-state index contributed by atoms with van der Waals surface area (Å²) >= 11 is 0. The third-order valence-electron chi connectivity index (χ3n) is 2.97. The van der Waals surface area contributed by atoms with Gasteiger partial charge in [-0.1, -0.05) is 13.8 Å². The number of hydrogen-bond donors (Lipinski definition) is 4. The van der Waals surface area contributed by atoms with Gasteiger partial charge in [0.1, 0.15) is 5.56 Å². The van der Waals surface area contributed by atoms with Gasteiger partial charge in [0.25, 0.3) is 5.56 Å². The third kappa shape index (κ3) is 4.23. The van der Waals surface area contributed by atoms with Crippen LogP contribution in [0.5, 0.6) is 5.88 Å². The van der Waals surface area contributed by atoms with Gasteiger partial charge in [-0.2, -0.15) is 5.10 Å². The minimum atomic E-state index is -0.751. The Bertz CT molecular complexity index is 571. The maximum Gasteiger partial charge on any atom is 0.328 e. The first kappa shape index (κ1) is 16.0. The minimum Gasteiger partial charge on any atom is -0.494 e. The van der Waals surface area contributed by atoms with Crippen LogP contribution < -0.4 is 16.7 Å². The van der Waals surface area contributed by atoms with Crippen LogP contribution in [0.2, 0.25) is 0 Å². The summed E-state index contributed by atoms with van der Waals surface area (Å²) in [5, 5.41) is 13.6. The number of hydrazone groups is 1. The number of likely N-dealkylation sites (N-methyl/N-ethyl adjacent to an activating group) is 1. The summed E-state index contributed by atoms with van der Waals surface area (Å²) in [5.41, 5.74) is 1.69. The lowest BCUT2D eigenvalue weighted by Gasteiger charge is -2.17. The van der Waals surface area contributed by atoms with Crippen LogP contribution in [0.25, 0.3) is 0 Å². The molecular formula is C12H21N5O3. The molecule has 1 rings (SSSR count). The molecule has 112 valence electrons. The van der Waals surface area contributed by atoms with Crippen LogP contribution in [0.1, 0.15) is 26.3 Å². The maximum absolute atomic E-state index is 11.6. The van der Waals surface area contributed by atoms with Crippen LogP contribution in [0.15, 0.2) is 14.7 Å². The van der Waals surface area contributed by atoms with Gasteiger partial charge in [-0.05, 0) is 20.0 Å². The summed E-state index contributed by atoms with van der Waals surface area (Å²) in [4.78, 5) is 28.9. The van der Waals surface area contributed by atoms with Crippen LogP contribution in [0.4, 0.5) is 0 Å². The number of nitrogens with zero attached hydrogens (tertiary/aromatic N) is 2. The molecule has 8 nitrogen and oxygen atoms in total. The second-order valence-electron chi connectivity index (χ2n) is 4.26.